The van der Waals surface area contributed by atoms with E-state index in [0.29, 0.717) is 18.3 Å². The summed E-state index contributed by atoms with van der Waals surface area (Å²) in [5, 5.41) is 5.13. The molecule has 0 radical (unpaired) electrons. The summed E-state index contributed by atoms with van der Waals surface area (Å²) in [6.07, 6.45) is 1.91. The van der Waals surface area contributed by atoms with Crippen LogP contribution >= 0.6 is 11.8 Å². The zero-order valence-electron chi connectivity index (χ0n) is 13.6. The minimum atomic E-state index is -0.732. The number of nitrogens with zero attached hydrogens (tertiary/aromatic N) is 1. The third-order valence-electron chi connectivity index (χ3n) is 4.42. The second-order valence-corrected chi connectivity index (χ2v) is 7.53. The molecule has 2 saturated heterocycles. The highest BCUT2D eigenvalue weighted by atomic mass is 32.2. The van der Waals surface area contributed by atoms with Crippen molar-refractivity contribution in [2.24, 2.45) is 0 Å². The summed E-state index contributed by atoms with van der Waals surface area (Å²) < 4.78 is 0. The molecule has 4 amide bonds. The Balaban J connectivity index is 1.48. The van der Waals surface area contributed by atoms with Gasteiger partial charge in [-0.05, 0) is 31.4 Å². The van der Waals surface area contributed by atoms with E-state index in [4.69, 9.17) is 0 Å². The predicted octanol–water partition coefficient (Wildman–Crippen LogP) is 1.68. The standard InChI is InChI=1S/C17H21N3O3S/c1-11-4-2-3-5-14(11)24-12-6-8-20(9-7-12)15(21)10-13-16(22)19-17(23)18-13/h2-5,12-13H,6-10H2,1H3,(H2,18,19,22,23)/t13-/m0/s1. The molecule has 6 nitrogen and oxygen atoms in total. The fraction of sp³-hybridized carbons (Fsp3) is 0.471. The molecule has 7 heteroatoms. The zero-order valence-corrected chi connectivity index (χ0v) is 14.4. The first kappa shape index (κ1) is 16.8. The Bertz CT molecular complexity index is 656. The third kappa shape index (κ3) is 3.90. The molecule has 0 bridgehead atoms. The van der Waals surface area contributed by atoms with Crippen molar-refractivity contribution < 1.29 is 14.4 Å². The van der Waals surface area contributed by atoms with Crippen LogP contribution < -0.4 is 10.6 Å². The lowest BCUT2D eigenvalue weighted by Gasteiger charge is -2.32. The highest BCUT2D eigenvalue weighted by Crippen LogP contribution is 2.32. The van der Waals surface area contributed by atoms with E-state index in [9.17, 15) is 14.4 Å². The van der Waals surface area contributed by atoms with Gasteiger partial charge in [0.25, 0.3) is 5.91 Å². The number of amides is 4. The van der Waals surface area contributed by atoms with Crippen LogP contribution in [-0.4, -0.2) is 47.1 Å². The summed E-state index contributed by atoms with van der Waals surface area (Å²) in [6.45, 7) is 3.51. The van der Waals surface area contributed by atoms with Crippen LogP contribution in [0, 0.1) is 6.92 Å². The maximum atomic E-state index is 12.3. The van der Waals surface area contributed by atoms with Gasteiger partial charge in [0.05, 0.1) is 6.42 Å². The number of hydrogen-bond acceptors (Lipinski definition) is 4. The fourth-order valence-corrected chi connectivity index (χ4v) is 4.21. The predicted molar refractivity (Wildman–Crippen MR) is 91.7 cm³/mol. The molecule has 0 unspecified atom stereocenters. The van der Waals surface area contributed by atoms with Crippen molar-refractivity contribution in [3.8, 4) is 0 Å². The minimum absolute atomic E-state index is 0.0349. The molecule has 128 valence electrons. The van der Waals surface area contributed by atoms with Crippen molar-refractivity contribution in [3.05, 3.63) is 29.8 Å². The Hall–Kier alpha value is -2.02. The van der Waals surface area contributed by atoms with E-state index in [0.717, 1.165) is 12.8 Å². The number of urea groups is 1. The molecule has 3 rings (SSSR count). The lowest BCUT2D eigenvalue weighted by molar-refractivity contribution is -0.134. The molecular formula is C17H21N3O3S. The van der Waals surface area contributed by atoms with Crippen LogP contribution in [0.25, 0.3) is 0 Å². The molecule has 24 heavy (non-hydrogen) atoms. The second-order valence-electron chi connectivity index (χ2n) is 6.18. The molecule has 1 atom stereocenters. The van der Waals surface area contributed by atoms with Crippen molar-refractivity contribution >= 4 is 29.6 Å². The van der Waals surface area contributed by atoms with Crippen LogP contribution in [0.4, 0.5) is 4.79 Å². The SMILES string of the molecule is Cc1ccccc1SC1CCN(C(=O)C[C@@H]2NC(=O)NC2=O)CC1. The summed E-state index contributed by atoms with van der Waals surface area (Å²) in [5.74, 6) is -0.491. The Morgan fingerprint density at radius 2 is 1.96 bits per heavy atom. The molecule has 1 aromatic rings. The number of benzene rings is 1. The Morgan fingerprint density at radius 1 is 1.25 bits per heavy atom. The van der Waals surface area contributed by atoms with Crippen molar-refractivity contribution in [2.45, 2.75) is 42.4 Å². The normalized spacial score (nSPS) is 21.5. The van der Waals surface area contributed by atoms with E-state index in [1.165, 1.54) is 10.5 Å². The average Bonchev–Trinajstić information content (AvgIpc) is 2.88. The van der Waals surface area contributed by atoms with Crippen LogP contribution in [0.5, 0.6) is 0 Å². The number of imide groups is 1. The van der Waals surface area contributed by atoms with Gasteiger partial charge in [-0.3, -0.25) is 14.9 Å². The topological polar surface area (TPSA) is 78.5 Å². The summed E-state index contributed by atoms with van der Waals surface area (Å²) in [5.41, 5.74) is 1.28. The van der Waals surface area contributed by atoms with Gasteiger partial charge in [0.15, 0.2) is 0 Å². The lowest BCUT2D eigenvalue weighted by Crippen LogP contribution is -2.43. The monoisotopic (exact) mass is 347 g/mol. The van der Waals surface area contributed by atoms with Gasteiger partial charge in [-0.2, -0.15) is 0 Å². The number of piperidine rings is 1. The Labute approximate surface area is 145 Å². The van der Waals surface area contributed by atoms with E-state index in [1.54, 1.807) is 4.90 Å². The highest BCUT2D eigenvalue weighted by Gasteiger charge is 2.33. The number of thioether (sulfide) groups is 1. The van der Waals surface area contributed by atoms with E-state index < -0.39 is 18.0 Å². The van der Waals surface area contributed by atoms with Gasteiger partial charge < -0.3 is 10.2 Å². The van der Waals surface area contributed by atoms with Crippen molar-refractivity contribution in [2.75, 3.05) is 13.1 Å². The highest BCUT2D eigenvalue weighted by molar-refractivity contribution is 8.00. The van der Waals surface area contributed by atoms with Gasteiger partial charge >= 0.3 is 6.03 Å². The number of carbonyl (C=O) groups is 3. The van der Waals surface area contributed by atoms with Crippen molar-refractivity contribution in [3.63, 3.8) is 0 Å². The first-order chi connectivity index (χ1) is 11.5. The van der Waals surface area contributed by atoms with Crippen LogP contribution in [0.1, 0.15) is 24.8 Å². The van der Waals surface area contributed by atoms with Gasteiger partial charge in [-0.1, -0.05) is 18.2 Å². The third-order valence-corrected chi connectivity index (χ3v) is 5.94. The van der Waals surface area contributed by atoms with E-state index in [1.807, 2.05) is 17.8 Å². The minimum Gasteiger partial charge on any atom is -0.343 e. The summed E-state index contributed by atoms with van der Waals surface area (Å²) in [6, 6.07) is 7.09. The number of likely N-dealkylation sites (tertiary alicyclic amines) is 1. The molecule has 2 aliphatic rings. The zero-order chi connectivity index (χ0) is 17.1. The molecule has 2 N–H and O–H groups in total. The smallest absolute Gasteiger partial charge is 0.322 e. The van der Waals surface area contributed by atoms with Crippen LogP contribution in [0.2, 0.25) is 0 Å². The maximum Gasteiger partial charge on any atom is 0.322 e. The molecule has 2 heterocycles. The van der Waals surface area contributed by atoms with Crippen molar-refractivity contribution in [1.29, 1.82) is 0 Å². The number of nitrogens with one attached hydrogen (secondary N) is 2. The fourth-order valence-electron chi connectivity index (χ4n) is 3.00. The number of rotatable bonds is 4. The largest absolute Gasteiger partial charge is 0.343 e. The molecular weight excluding hydrogens is 326 g/mol. The van der Waals surface area contributed by atoms with Gasteiger partial charge in [0.2, 0.25) is 5.91 Å². The molecule has 1 aromatic carbocycles. The van der Waals surface area contributed by atoms with Crippen LogP contribution in [-0.2, 0) is 9.59 Å². The molecule has 0 saturated carbocycles. The Kier molecular flexibility index (Phi) is 5.08. The average molecular weight is 347 g/mol. The molecule has 0 aliphatic carbocycles. The van der Waals surface area contributed by atoms with Crippen molar-refractivity contribution in [1.82, 2.24) is 15.5 Å². The van der Waals surface area contributed by atoms with E-state index >= 15 is 0 Å². The van der Waals surface area contributed by atoms with Gasteiger partial charge in [0, 0.05) is 23.2 Å². The summed E-state index contributed by atoms with van der Waals surface area (Å²) in [7, 11) is 0. The van der Waals surface area contributed by atoms with E-state index in [2.05, 4.69) is 35.8 Å². The van der Waals surface area contributed by atoms with Gasteiger partial charge in [-0.15, -0.1) is 11.8 Å². The van der Waals surface area contributed by atoms with Gasteiger partial charge in [0.1, 0.15) is 6.04 Å². The Morgan fingerprint density at radius 3 is 2.58 bits per heavy atom. The molecule has 0 aromatic heterocycles. The molecule has 2 fully saturated rings. The molecule has 0 spiro atoms. The first-order valence-corrected chi connectivity index (χ1v) is 9.02. The summed E-state index contributed by atoms with van der Waals surface area (Å²) >= 11 is 1.88. The lowest BCUT2D eigenvalue weighted by atomic mass is 10.1. The maximum absolute atomic E-state index is 12.3. The summed E-state index contributed by atoms with van der Waals surface area (Å²) in [4.78, 5) is 38.0. The van der Waals surface area contributed by atoms with Crippen LogP contribution in [0.3, 0.4) is 0 Å². The molecule has 2 aliphatic heterocycles. The van der Waals surface area contributed by atoms with Crippen LogP contribution in [0.15, 0.2) is 29.2 Å². The number of aryl methyl sites for hydroxylation is 1. The van der Waals surface area contributed by atoms with Gasteiger partial charge in [-0.25, -0.2) is 4.79 Å². The quantitative estimate of drug-likeness (QED) is 0.812. The number of carbonyl (C=O) groups excluding carboxylic acids is 3. The second kappa shape index (κ2) is 7.25. The first-order valence-electron chi connectivity index (χ1n) is 8.14. The number of hydrogen-bond donors (Lipinski definition) is 2. The van der Waals surface area contributed by atoms with E-state index in [-0.39, 0.29) is 12.3 Å².